The summed E-state index contributed by atoms with van der Waals surface area (Å²) in [7, 11) is 0. The van der Waals surface area contributed by atoms with Crippen LogP contribution in [0.1, 0.15) is 0 Å². The number of furan rings is 1. The van der Waals surface area contributed by atoms with Gasteiger partial charge in [-0.1, -0.05) is 163 Å². The highest BCUT2D eigenvalue weighted by Gasteiger charge is 2.29. The lowest BCUT2D eigenvalue weighted by atomic mass is 10.0. The summed E-state index contributed by atoms with van der Waals surface area (Å²) in [4.78, 5) is 18.3. The standard InChI is InChI=1S/C57H33N5OS/c1-2-19-37(20-3-1)61-45-28-8-6-22-41(45)51-43-26-14-32-49-52(43)62(57(51)61)46-29-12-24-39(53(46)64-49)35-17-10-18-36(33-35)54-58-55(40-25-11-16-34-15-4-5-21-38(34)40)60-56(59-54)44-27-13-31-48-50(44)42-23-7-9-30-47(42)63-48/h1-33H. The Balaban J connectivity index is 0.983. The van der Waals surface area contributed by atoms with E-state index in [2.05, 4.69) is 179 Å². The van der Waals surface area contributed by atoms with Gasteiger partial charge < -0.3 is 4.42 Å². The molecule has 0 atom stereocenters. The van der Waals surface area contributed by atoms with E-state index < -0.39 is 0 Å². The maximum absolute atomic E-state index is 6.34. The molecule has 0 radical (unpaired) electrons. The van der Waals surface area contributed by atoms with Gasteiger partial charge in [0.2, 0.25) is 0 Å². The maximum atomic E-state index is 6.34. The van der Waals surface area contributed by atoms with Gasteiger partial charge >= 0.3 is 0 Å². The molecule has 0 aliphatic carbocycles. The summed E-state index contributed by atoms with van der Waals surface area (Å²) in [5, 5.41) is 8.00. The van der Waals surface area contributed by atoms with Crippen molar-refractivity contribution in [1.29, 1.82) is 0 Å². The highest BCUT2D eigenvalue weighted by molar-refractivity contribution is 8.00. The molecule has 0 unspecified atom stereocenters. The number of aromatic nitrogens is 5. The Hall–Kier alpha value is -8.26. The minimum Gasteiger partial charge on any atom is -0.456 e. The van der Waals surface area contributed by atoms with Crippen LogP contribution in [0.15, 0.2) is 214 Å². The summed E-state index contributed by atoms with van der Waals surface area (Å²) in [5.74, 6) is 1.81. The summed E-state index contributed by atoms with van der Waals surface area (Å²) in [5.41, 5.74) is 12.5. The first-order valence-corrected chi connectivity index (χ1v) is 22.3. The predicted octanol–water partition coefficient (Wildman–Crippen LogP) is 15.1. The van der Waals surface area contributed by atoms with Crippen LogP contribution in [-0.4, -0.2) is 24.1 Å². The van der Waals surface area contributed by atoms with Gasteiger partial charge in [-0.3, -0.25) is 9.13 Å². The molecule has 14 rings (SSSR count). The second kappa shape index (κ2) is 13.6. The van der Waals surface area contributed by atoms with E-state index in [1.807, 2.05) is 42.1 Å². The molecule has 0 N–H and O–H groups in total. The van der Waals surface area contributed by atoms with Gasteiger partial charge in [-0.25, -0.2) is 15.0 Å². The molecule has 0 spiro atoms. The lowest BCUT2D eigenvalue weighted by Gasteiger charge is -2.23. The molecule has 9 aromatic carbocycles. The molecule has 1 aliphatic rings. The minimum atomic E-state index is 0.592. The fraction of sp³-hybridized carbons (Fsp3) is 0. The van der Waals surface area contributed by atoms with Gasteiger partial charge in [0.15, 0.2) is 17.5 Å². The van der Waals surface area contributed by atoms with Crippen LogP contribution in [0.5, 0.6) is 0 Å². The van der Waals surface area contributed by atoms with E-state index in [0.29, 0.717) is 17.5 Å². The largest absolute Gasteiger partial charge is 0.456 e. The van der Waals surface area contributed by atoms with Crippen LogP contribution >= 0.6 is 11.8 Å². The third-order valence-electron chi connectivity index (χ3n) is 12.8. The fourth-order valence-corrected chi connectivity index (χ4v) is 11.2. The number of nitrogens with zero attached hydrogens (tertiary/aromatic N) is 5. The van der Waals surface area contributed by atoms with Crippen molar-refractivity contribution < 1.29 is 4.42 Å². The minimum absolute atomic E-state index is 0.592. The summed E-state index contributed by atoms with van der Waals surface area (Å²) in [6.45, 7) is 0. The van der Waals surface area contributed by atoms with Crippen LogP contribution in [0.25, 0.3) is 122 Å². The Morgan fingerprint density at radius 1 is 0.422 bits per heavy atom. The fourth-order valence-electron chi connectivity index (χ4n) is 10.0. The lowest BCUT2D eigenvalue weighted by molar-refractivity contribution is 0.669. The Labute approximate surface area is 370 Å². The predicted molar refractivity (Wildman–Crippen MR) is 262 cm³/mol. The van der Waals surface area contributed by atoms with E-state index >= 15 is 0 Å². The Morgan fingerprint density at radius 2 is 1.06 bits per heavy atom. The summed E-state index contributed by atoms with van der Waals surface area (Å²) >= 11 is 1.85. The third-order valence-corrected chi connectivity index (χ3v) is 13.9. The summed E-state index contributed by atoms with van der Waals surface area (Å²) in [6, 6.07) is 70.6. The summed E-state index contributed by atoms with van der Waals surface area (Å²) < 4.78 is 11.3. The Morgan fingerprint density at radius 3 is 1.98 bits per heavy atom. The maximum Gasteiger partial charge on any atom is 0.164 e. The molecule has 5 heterocycles. The highest BCUT2D eigenvalue weighted by Crippen LogP contribution is 2.52. The number of hydrogen-bond acceptors (Lipinski definition) is 5. The van der Waals surface area contributed by atoms with Crippen molar-refractivity contribution >= 4 is 77.3 Å². The van der Waals surface area contributed by atoms with Crippen molar-refractivity contribution in [2.75, 3.05) is 0 Å². The number of rotatable bonds is 5. The van der Waals surface area contributed by atoms with Gasteiger partial charge in [-0.2, -0.15) is 0 Å². The van der Waals surface area contributed by atoms with Crippen molar-refractivity contribution in [3.8, 4) is 56.7 Å². The molecule has 298 valence electrons. The van der Waals surface area contributed by atoms with E-state index in [0.717, 1.165) is 71.9 Å². The van der Waals surface area contributed by atoms with Crippen LogP contribution in [0, 0.1) is 0 Å². The molecule has 4 aromatic heterocycles. The first kappa shape index (κ1) is 35.3. The number of hydrogen-bond donors (Lipinski definition) is 0. The van der Waals surface area contributed by atoms with E-state index in [1.165, 1.54) is 42.6 Å². The van der Waals surface area contributed by atoms with Crippen LogP contribution in [-0.2, 0) is 0 Å². The average molecular weight is 836 g/mol. The second-order valence-electron chi connectivity index (χ2n) is 16.3. The van der Waals surface area contributed by atoms with E-state index in [9.17, 15) is 0 Å². The highest BCUT2D eigenvalue weighted by atomic mass is 32.2. The Bertz CT molecular complexity index is 4060. The average Bonchev–Trinajstić information content (AvgIpc) is 4.03. The summed E-state index contributed by atoms with van der Waals surface area (Å²) in [6.07, 6.45) is 0. The molecule has 0 fully saturated rings. The van der Waals surface area contributed by atoms with Gasteiger partial charge in [0, 0.05) is 59.1 Å². The van der Waals surface area contributed by atoms with Crippen molar-refractivity contribution in [3.05, 3.63) is 200 Å². The molecule has 0 amide bonds. The zero-order chi connectivity index (χ0) is 41.9. The van der Waals surface area contributed by atoms with Crippen LogP contribution in [0.3, 0.4) is 0 Å². The molecule has 7 heteroatoms. The zero-order valence-corrected chi connectivity index (χ0v) is 34.9. The third kappa shape index (κ3) is 5.13. The van der Waals surface area contributed by atoms with Crippen molar-refractivity contribution in [2.45, 2.75) is 9.79 Å². The lowest BCUT2D eigenvalue weighted by Crippen LogP contribution is -2.06. The topological polar surface area (TPSA) is 61.7 Å². The monoisotopic (exact) mass is 835 g/mol. The number of benzene rings is 9. The smallest absolute Gasteiger partial charge is 0.164 e. The van der Waals surface area contributed by atoms with Crippen molar-refractivity contribution in [1.82, 2.24) is 24.1 Å². The van der Waals surface area contributed by atoms with Crippen LogP contribution < -0.4 is 0 Å². The zero-order valence-electron chi connectivity index (χ0n) is 34.1. The molecular weight excluding hydrogens is 803 g/mol. The van der Waals surface area contributed by atoms with E-state index in [4.69, 9.17) is 19.4 Å². The SMILES string of the molecule is c1ccc(-n2c3ccccc3c3c4cccc5c4n(c32)-c2cccc(-c3cccc(-c4nc(-c6cccc7ccccc67)nc(-c6cccc7oc8ccccc8c67)n4)c3)c2S5)cc1. The van der Waals surface area contributed by atoms with E-state index in [1.54, 1.807) is 0 Å². The first-order chi connectivity index (χ1) is 31.7. The molecule has 1 aliphatic heterocycles. The van der Waals surface area contributed by atoms with Gasteiger partial charge in [-0.05, 0) is 70.4 Å². The molecule has 0 saturated carbocycles. The van der Waals surface area contributed by atoms with Crippen LogP contribution in [0.4, 0.5) is 0 Å². The second-order valence-corrected chi connectivity index (χ2v) is 17.4. The van der Waals surface area contributed by atoms with Gasteiger partial charge in [0.25, 0.3) is 0 Å². The van der Waals surface area contributed by atoms with Crippen LogP contribution in [0.2, 0.25) is 0 Å². The van der Waals surface area contributed by atoms with Crippen molar-refractivity contribution in [2.24, 2.45) is 0 Å². The first-order valence-electron chi connectivity index (χ1n) is 21.4. The van der Waals surface area contributed by atoms with Gasteiger partial charge in [-0.15, -0.1) is 0 Å². The van der Waals surface area contributed by atoms with E-state index in [-0.39, 0.29) is 0 Å². The molecule has 0 saturated heterocycles. The molecule has 6 nitrogen and oxygen atoms in total. The molecule has 13 aromatic rings. The molecule has 64 heavy (non-hydrogen) atoms. The van der Waals surface area contributed by atoms with Gasteiger partial charge in [0.1, 0.15) is 16.8 Å². The molecular formula is C57H33N5OS. The molecule has 0 bridgehead atoms. The van der Waals surface area contributed by atoms with Gasteiger partial charge in [0.05, 0.1) is 16.7 Å². The Kier molecular flexibility index (Phi) is 7.52. The quantitative estimate of drug-likeness (QED) is 0.173. The number of fused-ring (bicyclic) bond motifs is 11. The van der Waals surface area contributed by atoms with Crippen molar-refractivity contribution in [3.63, 3.8) is 0 Å². The number of para-hydroxylation sites is 4. The normalized spacial score (nSPS) is 12.3.